The molecule has 0 radical (unpaired) electrons. The first kappa shape index (κ1) is 6.01. The van der Waals surface area contributed by atoms with Crippen molar-refractivity contribution >= 4 is 0 Å². The monoisotopic (exact) mass is 117 g/mol. The summed E-state index contributed by atoms with van der Waals surface area (Å²) in [7, 11) is 1.62. The maximum absolute atomic E-state index is 5.46. The van der Waals surface area contributed by atoms with Gasteiger partial charge in [-0.2, -0.15) is 0 Å². The Morgan fingerprint density at radius 1 is 1.75 bits per heavy atom. The number of nitrogens with two attached hydrogens (primary N) is 1. The number of hydrogen-bond donors (Lipinski definition) is 1. The molecule has 0 spiro atoms. The van der Waals surface area contributed by atoms with Crippen molar-refractivity contribution in [3.05, 3.63) is 0 Å². The molecule has 1 heterocycles. The summed E-state index contributed by atoms with van der Waals surface area (Å²) in [5, 5.41) is 0. The zero-order valence-electron chi connectivity index (χ0n) is 5.13. The molecule has 0 saturated carbocycles. The minimum atomic E-state index is -0.0324. The fraction of sp³-hybridized carbons (Fsp3) is 1.00. The van der Waals surface area contributed by atoms with Crippen LogP contribution in [0.5, 0.6) is 0 Å². The van der Waals surface area contributed by atoms with E-state index in [1.807, 2.05) is 6.92 Å². The predicted molar refractivity (Wildman–Crippen MR) is 29.3 cm³/mol. The Labute approximate surface area is 48.8 Å². The smallest absolute Gasteiger partial charge is 0.185 e. The molecule has 0 bridgehead atoms. The molecule has 3 unspecified atom stereocenters. The van der Waals surface area contributed by atoms with Gasteiger partial charge in [0.1, 0.15) is 6.10 Å². The summed E-state index contributed by atoms with van der Waals surface area (Å²) < 4.78 is 9.81. The molecule has 0 aromatic rings. The van der Waals surface area contributed by atoms with Crippen LogP contribution in [0.25, 0.3) is 0 Å². The van der Waals surface area contributed by atoms with Crippen molar-refractivity contribution in [2.24, 2.45) is 5.73 Å². The van der Waals surface area contributed by atoms with Crippen molar-refractivity contribution in [2.75, 3.05) is 7.11 Å². The van der Waals surface area contributed by atoms with Crippen LogP contribution in [0.15, 0.2) is 0 Å². The van der Waals surface area contributed by atoms with Gasteiger partial charge >= 0.3 is 0 Å². The molecule has 3 nitrogen and oxygen atoms in total. The molecule has 0 aliphatic carbocycles. The summed E-state index contributed by atoms with van der Waals surface area (Å²) >= 11 is 0. The van der Waals surface area contributed by atoms with Crippen molar-refractivity contribution in [1.29, 1.82) is 0 Å². The van der Waals surface area contributed by atoms with E-state index in [9.17, 15) is 0 Å². The van der Waals surface area contributed by atoms with Gasteiger partial charge in [-0.05, 0) is 6.92 Å². The van der Waals surface area contributed by atoms with Gasteiger partial charge in [-0.15, -0.1) is 0 Å². The molecule has 1 aliphatic rings. The molecule has 1 aliphatic heterocycles. The molecule has 0 amide bonds. The molecular formula is C5H11NO2. The van der Waals surface area contributed by atoms with Crippen LogP contribution in [0.4, 0.5) is 0 Å². The van der Waals surface area contributed by atoms with Gasteiger partial charge in [0.25, 0.3) is 0 Å². The van der Waals surface area contributed by atoms with Gasteiger partial charge in [0.05, 0.1) is 0 Å². The second-order valence-corrected chi connectivity index (χ2v) is 2.06. The topological polar surface area (TPSA) is 47.8 Å². The van der Waals surface area contributed by atoms with E-state index in [2.05, 4.69) is 0 Å². The van der Waals surface area contributed by atoms with Crippen LogP contribution >= 0.6 is 0 Å². The first-order valence-corrected chi connectivity index (χ1v) is 2.69. The summed E-state index contributed by atoms with van der Waals surface area (Å²) in [6, 6.07) is 0.0972. The Hall–Kier alpha value is -0.120. The Kier molecular flexibility index (Phi) is 1.51. The lowest BCUT2D eigenvalue weighted by Gasteiger charge is -1.94. The Morgan fingerprint density at radius 3 is 2.50 bits per heavy atom. The Balaban J connectivity index is 2.16. The quantitative estimate of drug-likeness (QED) is 0.505. The summed E-state index contributed by atoms with van der Waals surface area (Å²) in [4.78, 5) is 0. The van der Waals surface area contributed by atoms with Gasteiger partial charge in [0.2, 0.25) is 0 Å². The fourth-order valence-corrected chi connectivity index (χ4v) is 0.671. The molecule has 2 N–H and O–H groups in total. The fourth-order valence-electron chi connectivity index (χ4n) is 0.671. The van der Waals surface area contributed by atoms with Gasteiger partial charge in [-0.1, -0.05) is 0 Å². The second kappa shape index (κ2) is 2.01. The molecule has 1 fully saturated rings. The average molecular weight is 117 g/mol. The van der Waals surface area contributed by atoms with E-state index in [0.717, 1.165) is 0 Å². The molecule has 1 rings (SSSR count). The maximum atomic E-state index is 5.46. The van der Waals surface area contributed by atoms with E-state index in [1.165, 1.54) is 0 Å². The van der Waals surface area contributed by atoms with Gasteiger partial charge in [-0.3, -0.25) is 0 Å². The number of rotatable bonds is 2. The van der Waals surface area contributed by atoms with E-state index in [-0.39, 0.29) is 18.4 Å². The Morgan fingerprint density at radius 2 is 2.38 bits per heavy atom. The largest absolute Gasteiger partial charge is 0.353 e. The van der Waals surface area contributed by atoms with Crippen LogP contribution in [0.3, 0.4) is 0 Å². The van der Waals surface area contributed by atoms with Crippen molar-refractivity contribution in [3.8, 4) is 0 Å². The van der Waals surface area contributed by atoms with E-state index in [0.29, 0.717) is 0 Å². The van der Waals surface area contributed by atoms with Crippen LogP contribution in [0, 0.1) is 0 Å². The third kappa shape index (κ3) is 0.992. The van der Waals surface area contributed by atoms with Gasteiger partial charge in [-0.25, -0.2) is 0 Å². The van der Waals surface area contributed by atoms with Gasteiger partial charge in [0.15, 0.2) is 6.29 Å². The summed E-state index contributed by atoms with van der Waals surface area (Å²) in [5.74, 6) is 0. The van der Waals surface area contributed by atoms with Crippen molar-refractivity contribution in [2.45, 2.75) is 25.4 Å². The molecule has 8 heavy (non-hydrogen) atoms. The zero-order valence-corrected chi connectivity index (χ0v) is 5.13. The Bertz CT molecular complexity index is 84.5. The number of ether oxygens (including phenoxy) is 2. The first-order valence-electron chi connectivity index (χ1n) is 2.69. The molecule has 1 saturated heterocycles. The van der Waals surface area contributed by atoms with Crippen LogP contribution in [-0.2, 0) is 9.47 Å². The van der Waals surface area contributed by atoms with Crippen molar-refractivity contribution < 1.29 is 9.47 Å². The lowest BCUT2D eigenvalue weighted by molar-refractivity contribution is 0.0950. The van der Waals surface area contributed by atoms with Crippen LogP contribution in [0.1, 0.15) is 6.92 Å². The van der Waals surface area contributed by atoms with Crippen LogP contribution < -0.4 is 5.73 Å². The normalized spacial score (nSPS) is 39.4. The molecule has 48 valence electrons. The maximum Gasteiger partial charge on any atom is 0.185 e. The van der Waals surface area contributed by atoms with Crippen LogP contribution in [0.2, 0.25) is 0 Å². The highest BCUT2D eigenvalue weighted by Gasteiger charge is 2.41. The minimum absolute atomic E-state index is 0.0324. The summed E-state index contributed by atoms with van der Waals surface area (Å²) in [6.07, 6.45) is 0.106. The SMILES string of the molecule is COC1OC1C(C)N. The van der Waals surface area contributed by atoms with Crippen LogP contribution in [-0.4, -0.2) is 25.5 Å². The summed E-state index contributed by atoms with van der Waals surface area (Å²) in [6.45, 7) is 1.91. The molecule has 3 heteroatoms. The minimum Gasteiger partial charge on any atom is -0.353 e. The third-order valence-electron chi connectivity index (χ3n) is 1.23. The number of hydrogen-bond acceptors (Lipinski definition) is 3. The highest BCUT2D eigenvalue weighted by atomic mass is 16.8. The number of epoxide rings is 1. The first-order chi connectivity index (χ1) is 3.75. The standard InChI is InChI=1S/C5H11NO2/c1-3(6)4-5(7-2)8-4/h3-5H,6H2,1-2H3. The lowest BCUT2D eigenvalue weighted by atomic mass is 10.3. The number of methoxy groups -OCH3 is 1. The molecular weight excluding hydrogens is 106 g/mol. The lowest BCUT2D eigenvalue weighted by Crippen LogP contribution is -2.23. The zero-order chi connectivity index (χ0) is 6.15. The third-order valence-corrected chi connectivity index (χ3v) is 1.23. The van der Waals surface area contributed by atoms with Crippen molar-refractivity contribution in [3.63, 3.8) is 0 Å². The van der Waals surface area contributed by atoms with E-state index >= 15 is 0 Å². The molecule has 0 aromatic carbocycles. The molecule has 3 atom stereocenters. The highest BCUT2D eigenvalue weighted by Crippen LogP contribution is 2.23. The predicted octanol–water partition coefficient (Wildman–Crippen LogP) is -0.295. The second-order valence-electron chi connectivity index (χ2n) is 2.06. The summed E-state index contributed by atoms with van der Waals surface area (Å²) in [5.41, 5.74) is 5.46. The van der Waals surface area contributed by atoms with E-state index in [4.69, 9.17) is 15.2 Å². The van der Waals surface area contributed by atoms with Crippen molar-refractivity contribution in [1.82, 2.24) is 0 Å². The van der Waals surface area contributed by atoms with Gasteiger partial charge in [0, 0.05) is 13.2 Å². The van der Waals surface area contributed by atoms with Gasteiger partial charge < -0.3 is 15.2 Å². The average Bonchev–Trinajstić information content (AvgIpc) is 2.42. The molecule has 0 aromatic heterocycles. The highest BCUT2D eigenvalue weighted by molar-refractivity contribution is 4.83. The van der Waals surface area contributed by atoms with E-state index in [1.54, 1.807) is 7.11 Å². The van der Waals surface area contributed by atoms with E-state index < -0.39 is 0 Å².